The molecule has 2 aliphatic heterocycles. The van der Waals surface area contributed by atoms with Crippen LogP contribution in [0.25, 0.3) is 10.8 Å². The van der Waals surface area contributed by atoms with Crippen molar-refractivity contribution < 1.29 is 29.0 Å². The third-order valence-corrected chi connectivity index (χ3v) is 5.45. The van der Waals surface area contributed by atoms with Gasteiger partial charge in [-0.25, -0.2) is 0 Å². The number of nitro benzene ring substituents is 1. The molecule has 3 aromatic carbocycles. The fraction of sp³-hybridized carbons (Fsp3) is 0.150. The Bertz CT molecular complexity index is 1220. The van der Waals surface area contributed by atoms with Gasteiger partial charge < -0.3 is 19.3 Å². The number of fused-ring (bicyclic) bond motifs is 4. The van der Waals surface area contributed by atoms with E-state index in [-0.39, 0.29) is 22.8 Å². The molecule has 0 saturated carbocycles. The summed E-state index contributed by atoms with van der Waals surface area (Å²) < 4.78 is 18.0. The van der Waals surface area contributed by atoms with Gasteiger partial charge in [-0.05, 0) is 24.3 Å². The molecule has 3 aromatic rings. The first-order valence-electron chi connectivity index (χ1n) is 8.61. The van der Waals surface area contributed by atoms with Crippen LogP contribution in [0.1, 0.15) is 15.9 Å². The molecule has 1 aliphatic carbocycles. The first kappa shape index (κ1) is 15.4. The van der Waals surface area contributed by atoms with Crippen molar-refractivity contribution in [1.29, 1.82) is 0 Å². The molecule has 2 heterocycles. The number of rotatable bonds is 1. The van der Waals surface area contributed by atoms with E-state index in [9.17, 15) is 20.0 Å². The number of ether oxygens (including phenoxy) is 3. The number of carbonyl (C=O) groups excluding carboxylic acids is 1. The van der Waals surface area contributed by atoms with E-state index in [2.05, 4.69) is 0 Å². The molecule has 1 spiro atoms. The minimum atomic E-state index is -1.45. The largest absolute Gasteiger partial charge is 0.507 e. The average molecular weight is 377 g/mol. The number of ketones is 1. The Labute approximate surface area is 157 Å². The SMILES string of the molecule is O=C1c2c(O)cccc2[C@@]2(Oc3cccc4c([N+](=O)[O-])ccc(c34)O2)[C@@H]2O[C@H]12. The van der Waals surface area contributed by atoms with Gasteiger partial charge in [-0.2, -0.15) is 0 Å². The van der Waals surface area contributed by atoms with Crippen molar-refractivity contribution in [2.75, 3.05) is 0 Å². The van der Waals surface area contributed by atoms with E-state index in [1.54, 1.807) is 30.3 Å². The number of epoxide rings is 1. The van der Waals surface area contributed by atoms with Gasteiger partial charge >= 0.3 is 5.79 Å². The number of benzene rings is 3. The predicted molar refractivity (Wildman–Crippen MR) is 94.6 cm³/mol. The Hall–Kier alpha value is -3.65. The second-order valence-electron chi connectivity index (χ2n) is 6.93. The van der Waals surface area contributed by atoms with Crippen molar-refractivity contribution in [1.82, 2.24) is 0 Å². The second kappa shape index (κ2) is 4.79. The van der Waals surface area contributed by atoms with E-state index in [0.29, 0.717) is 27.8 Å². The molecular formula is C20H11NO7. The molecule has 1 N–H and O–H groups in total. The minimum absolute atomic E-state index is 0.0545. The maximum Gasteiger partial charge on any atom is 0.308 e. The van der Waals surface area contributed by atoms with Crippen LogP contribution in [0.2, 0.25) is 0 Å². The van der Waals surface area contributed by atoms with Crippen LogP contribution in [0.4, 0.5) is 5.69 Å². The van der Waals surface area contributed by atoms with E-state index in [4.69, 9.17) is 14.2 Å². The maximum atomic E-state index is 12.6. The molecule has 8 heteroatoms. The summed E-state index contributed by atoms with van der Waals surface area (Å²) in [6.45, 7) is 0. The lowest BCUT2D eigenvalue weighted by molar-refractivity contribution is -0.383. The fourth-order valence-corrected chi connectivity index (χ4v) is 4.22. The molecule has 6 rings (SSSR count). The molecule has 28 heavy (non-hydrogen) atoms. The highest BCUT2D eigenvalue weighted by molar-refractivity contribution is 6.07. The molecule has 1 fully saturated rings. The topological polar surface area (TPSA) is 111 Å². The molecule has 0 radical (unpaired) electrons. The predicted octanol–water partition coefficient (Wildman–Crippen LogP) is 3.04. The zero-order chi connectivity index (χ0) is 19.2. The monoisotopic (exact) mass is 377 g/mol. The Morgan fingerprint density at radius 1 is 1.04 bits per heavy atom. The highest BCUT2D eigenvalue weighted by Crippen LogP contribution is 2.56. The van der Waals surface area contributed by atoms with E-state index in [1.165, 1.54) is 18.2 Å². The number of non-ortho nitro benzene ring substituents is 1. The fourth-order valence-electron chi connectivity index (χ4n) is 4.22. The van der Waals surface area contributed by atoms with E-state index in [0.717, 1.165) is 0 Å². The maximum absolute atomic E-state index is 12.6. The summed E-state index contributed by atoms with van der Waals surface area (Å²) in [5.41, 5.74) is 0.428. The molecule has 1 saturated heterocycles. The Balaban J connectivity index is 1.62. The normalized spacial score (nSPS) is 26.2. The zero-order valence-electron chi connectivity index (χ0n) is 14.1. The van der Waals surface area contributed by atoms with Gasteiger partial charge in [0.15, 0.2) is 18.0 Å². The van der Waals surface area contributed by atoms with Crippen molar-refractivity contribution >= 4 is 22.2 Å². The van der Waals surface area contributed by atoms with Gasteiger partial charge in [0.1, 0.15) is 17.2 Å². The Morgan fingerprint density at radius 3 is 2.57 bits per heavy atom. The van der Waals surface area contributed by atoms with E-state index >= 15 is 0 Å². The summed E-state index contributed by atoms with van der Waals surface area (Å²) in [6, 6.07) is 12.6. The van der Waals surface area contributed by atoms with Crippen LogP contribution in [0, 0.1) is 10.1 Å². The highest BCUT2D eigenvalue weighted by Gasteiger charge is 2.69. The van der Waals surface area contributed by atoms with Gasteiger partial charge in [-0.1, -0.05) is 18.2 Å². The number of hydrogen-bond acceptors (Lipinski definition) is 7. The Kier molecular flexibility index (Phi) is 2.64. The van der Waals surface area contributed by atoms with Crippen LogP contribution in [-0.4, -0.2) is 28.0 Å². The molecular weight excluding hydrogens is 366 g/mol. The molecule has 3 aliphatic rings. The quantitative estimate of drug-likeness (QED) is 0.394. The minimum Gasteiger partial charge on any atom is -0.507 e. The molecule has 0 unspecified atom stereocenters. The number of nitro groups is 1. The summed E-state index contributed by atoms with van der Waals surface area (Å²) in [5, 5.41) is 22.5. The third-order valence-electron chi connectivity index (χ3n) is 5.45. The number of carbonyl (C=O) groups is 1. The molecule has 8 nitrogen and oxygen atoms in total. The van der Waals surface area contributed by atoms with Crippen molar-refractivity contribution in [3.63, 3.8) is 0 Å². The van der Waals surface area contributed by atoms with Crippen LogP contribution in [0.5, 0.6) is 17.2 Å². The molecule has 3 atom stereocenters. The molecule has 0 bridgehead atoms. The number of phenols is 1. The van der Waals surface area contributed by atoms with Crippen molar-refractivity contribution in [2.24, 2.45) is 0 Å². The van der Waals surface area contributed by atoms with E-state index in [1.807, 2.05) is 0 Å². The van der Waals surface area contributed by atoms with Gasteiger partial charge in [0.25, 0.3) is 5.69 Å². The number of hydrogen-bond donors (Lipinski definition) is 1. The summed E-state index contributed by atoms with van der Waals surface area (Å²) in [6.07, 6.45) is -1.44. The summed E-state index contributed by atoms with van der Waals surface area (Å²) in [5.74, 6) is -1.16. The van der Waals surface area contributed by atoms with Crippen molar-refractivity contribution in [3.8, 4) is 17.2 Å². The molecule has 0 aromatic heterocycles. The molecule has 138 valence electrons. The number of phenolic OH excluding ortho intramolecular Hbond substituents is 1. The van der Waals surface area contributed by atoms with Crippen LogP contribution in [0.15, 0.2) is 48.5 Å². The standard InChI is InChI=1S/C20H11NO7/c22-12-5-2-4-10-16(12)17(23)18-19(26-18)20(10)27-13-6-1-3-9-11(21(24)25)7-8-14(28-20)15(9)13/h1-8,18-19,22H/t18-,19-,20+/m1/s1. The van der Waals surface area contributed by atoms with Gasteiger partial charge in [-0.15, -0.1) is 0 Å². The second-order valence-corrected chi connectivity index (χ2v) is 6.93. The summed E-state index contributed by atoms with van der Waals surface area (Å²) in [4.78, 5) is 23.5. The summed E-state index contributed by atoms with van der Waals surface area (Å²) >= 11 is 0. The number of aromatic hydroxyl groups is 1. The van der Waals surface area contributed by atoms with Crippen LogP contribution in [0.3, 0.4) is 0 Å². The average Bonchev–Trinajstić information content (AvgIpc) is 3.48. The van der Waals surface area contributed by atoms with Crippen LogP contribution in [-0.2, 0) is 10.5 Å². The van der Waals surface area contributed by atoms with Gasteiger partial charge in [0.05, 0.1) is 26.8 Å². The highest BCUT2D eigenvalue weighted by atomic mass is 16.8. The van der Waals surface area contributed by atoms with E-state index < -0.39 is 22.9 Å². The number of Topliss-reactive ketones (excluding diaryl/α,β-unsaturated/α-hetero) is 1. The lowest BCUT2D eigenvalue weighted by Gasteiger charge is -2.40. The Morgan fingerprint density at radius 2 is 1.79 bits per heavy atom. The lowest BCUT2D eigenvalue weighted by atomic mass is 9.84. The van der Waals surface area contributed by atoms with Crippen molar-refractivity contribution in [3.05, 3.63) is 69.8 Å². The first-order valence-corrected chi connectivity index (χ1v) is 8.61. The van der Waals surface area contributed by atoms with Crippen LogP contribution >= 0.6 is 0 Å². The van der Waals surface area contributed by atoms with Crippen LogP contribution < -0.4 is 9.47 Å². The molecule has 0 amide bonds. The lowest BCUT2D eigenvalue weighted by Crippen LogP contribution is -2.51. The summed E-state index contributed by atoms with van der Waals surface area (Å²) in [7, 11) is 0. The first-order chi connectivity index (χ1) is 13.5. The van der Waals surface area contributed by atoms with Gasteiger partial charge in [0.2, 0.25) is 0 Å². The number of nitrogens with zero attached hydrogens (tertiary/aromatic N) is 1. The third kappa shape index (κ3) is 1.70. The van der Waals surface area contributed by atoms with Gasteiger partial charge in [0, 0.05) is 6.07 Å². The zero-order valence-corrected chi connectivity index (χ0v) is 14.1. The van der Waals surface area contributed by atoms with Gasteiger partial charge in [-0.3, -0.25) is 14.9 Å². The smallest absolute Gasteiger partial charge is 0.308 e. The van der Waals surface area contributed by atoms with Crippen molar-refractivity contribution in [2.45, 2.75) is 18.0 Å².